The Kier molecular flexibility index (Phi) is 11.4. The summed E-state index contributed by atoms with van der Waals surface area (Å²) in [4.78, 5) is 20.9. The minimum atomic E-state index is -0.500. The lowest BCUT2D eigenvalue weighted by molar-refractivity contribution is -0.385. The van der Waals surface area contributed by atoms with Crippen LogP contribution in [0.1, 0.15) is 33.4 Å². The van der Waals surface area contributed by atoms with Gasteiger partial charge in [-0.2, -0.15) is 21.0 Å². The number of allylic oxidation sites excluding steroid dienone is 8. The van der Waals surface area contributed by atoms with Gasteiger partial charge in [-0.15, -0.1) is 0 Å². The lowest BCUT2D eigenvalue weighted by Gasteiger charge is -2.14. The van der Waals surface area contributed by atoms with Crippen LogP contribution in [0.2, 0.25) is 0 Å². The molecule has 5 rings (SSSR count). The molecule has 252 valence electrons. The van der Waals surface area contributed by atoms with Gasteiger partial charge in [0.1, 0.15) is 29.2 Å². The Morgan fingerprint density at radius 1 is 0.509 bits per heavy atom. The lowest BCUT2D eigenvalue weighted by atomic mass is 10.0. The van der Waals surface area contributed by atoms with Gasteiger partial charge in [-0.25, -0.2) is 0 Å². The molecule has 0 fully saturated rings. The quantitative estimate of drug-likeness (QED) is 0.0674. The van der Waals surface area contributed by atoms with Gasteiger partial charge >= 0.3 is 0 Å². The monoisotopic (exact) mass is 692 g/mol. The van der Waals surface area contributed by atoms with Crippen molar-refractivity contribution in [2.75, 3.05) is 0 Å². The lowest BCUT2D eigenvalue weighted by Crippen LogP contribution is -1.98. The molecule has 1 aliphatic heterocycles. The first kappa shape index (κ1) is 35.9. The SMILES string of the molecule is N#CC(C#N)=C1C=C(/C=C/c2ccc(/C=C(\C#N)c3ccc([N+](=O)[O-])cc3)cc2)OC(/C=C/c2ccc(/C=C(/C#N)c3ccc([N+](=O)[O-])cc3)cc2)=C1. The van der Waals surface area contributed by atoms with E-state index in [1.54, 1.807) is 48.6 Å². The van der Waals surface area contributed by atoms with E-state index >= 15 is 0 Å². The molecule has 0 saturated heterocycles. The molecular weight excluding hydrogens is 668 g/mol. The van der Waals surface area contributed by atoms with Crippen LogP contribution in [-0.2, 0) is 4.74 Å². The van der Waals surface area contributed by atoms with Gasteiger partial charge in [0, 0.05) is 29.8 Å². The van der Waals surface area contributed by atoms with Crippen molar-refractivity contribution in [1.82, 2.24) is 0 Å². The molecule has 0 aromatic heterocycles. The van der Waals surface area contributed by atoms with E-state index in [1.165, 1.54) is 48.5 Å². The molecular formula is C42H24N6O5. The minimum Gasteiger partial charge on any atom is -0.457 e. The maximum absolute atomic E-state index is 10.9. The molecule has 0 spiro atoms. The molecule has 0 N–H and O–H groups in total. The fourth-order valence-electron chi connectivity index (χ4n) is 4.99. The molecule has 0 aliphatic carbocycles. The Morgan fingerprint density at radius 2 is 0.868 bits per heavy atom. The molecule has 0 saturated carbocycles. The summed E-state index contributed by atoms with van der Waals surface area (Å²) >= 11 is 0. The highest BCUT2D eigenvalue weighted by Gasteiger charge is 2.13. The molecule has 1 aliphatic rings. The highest BCUT2D eigenvalue weighted by atomic mass is 16.6. The van der Waals surface area contributed by atoms with E-state index in [2.05, 4.69) is 12.1 Å². The number of nitriles is 4. The third-order valence-corrected chi connectivity index (χ3v) is 7.74. The number of nitrogens with zero attached hydrogens (tertiary/aromatic N) is 6. The standard InChI is InChI=1S/C42H24N6O5/c43-25-36(33-11-15-39(16-12-33)47(49)50)21-31-5-1-29(2-6-31)9-19-41-23-35(38(27-45)28-46)24-42(53-41)20-10-30-3-7-32(8-4-30)22-37(26-44)34-13-17-40(18-14-34)48(51)52/h1-24H/b19-9+,20-10+,36-21-,37-22+. The average molecular weight is 693 g/mol. The average Bonchev–Trinajstić information content (AvgIpc) is 3.19. The van der Waals surface area contributed by atoms with Gasteiger partial charge in [-0.05, 0) is 94.1 Å². The van der Waals surface area contributed by atoms with Gasteiger partial charge in [-0.3, -0.25) is 20.2 Å². The second-order valence-electron chi connectivity index (χ2n) is 11.2. The first-order chi connectivity index (χ1) is 25.7. The summed E-state index contributed by atoms with van der Waals surface area (Å²) in [6.07, 6.45) is 13.5. The zero-order valence-corrected chi connectivity index (χ0v) is 27.6. The van der Waals surface area contributed by atoms with Crippen molar-refractivity contribution >= 4 is 46.8 Å². The summed E-state index contributed by atoms with van der Waals surface area (Å²) in [5.74, 6) is 0.768. The molecule has 0 amide bonds. The van der Waals surface area contributed by atoms with Crippen LogP contribution < -0.4 is 0 Å². The number of nitro benzene ring substituents is 2. The van der Waals surface area contributed by atoms with Crippen molar-refractivity contribution in [3.63, 3.8) is 0 Å². The third-order valence-electron chi connectivity index (χ3n) is 7.74. The zero-order chi connectivity index (χ0) is 37.7. The number of non-ortho nitro benzene ring substituents is 2. The normalized spacial score (nSPS) is 12.8. The molecule has 11 nitrogen and oxygen atoms in total. The van der Waals surface area contributed by atoms with E-state index in [1.807, 2.05) is 60.7 Å². The van der Waals surface area contributed by atoms with Crippen molar-refractivity contribution in [1.29, 1.82) is 21.0 Å². The van der Waals surface area contributed by atoms with Crippen LogP contribution in [0.25, 0.3) is 35.5 Å². The number of benzene rings is 4. The largest absolute Gasteiger partial charge is 0.457 e. The predicted molar refractivity (Wildman–Crippen MR) is 200 cm³/mol. The number of hydrogen-bond acceptors (Lipinski definition) is 9. The Morgan fingerprint density at radius 3 is 1.19 bits per heavy atom. The molecule has 0 bridgehead atoms. The highest BCUT2D eigenvalue weighted by molar-refractivity contribution is 5.90. The van der Waals surface area contributed by atoms with Gasteiger partial charge in [0.05, 0.1) is 33.1 Å². The topological polar surface area (TPSA) is 191 Å². The number of rotatable bonds is 10. The van der Waals surface area contributed by atoms with Crippen LogP contribution in [0.15, 0.2) is 144 Å². The van der Waals surface area contributed by atoms with Gasteiger partial charge < -0.3 is 4.74 Å². The Bertz CT molecular complexity index is 2300. The van der Waals surface area contributed by atoms with Crippen LogP contribution in [-0.4, -0.2) is 9.85 Å². The van der Waals surface area contributed by atoms with E-state index in [4.69, 9.17) is 4.74 Å². The van der Waals surface area contributed by atoms with Crippen LogP contribution in [0.3, 0.4) is 0 Å². The summed E-state index contributed by atoms with van der Waals surface area (Å²) in [5.41, 5.74) is 5.09. The van der Waals surface area contributed by atoms with Crippen molar-refractivity contribution in [3.8, 4) is 24.3 Å². The van der Waals surface area contributed by atoms with Gasteiger partial charge in [-0.1, -0.05) is 60.7 Å². The van der Waals surface area contributed by atoms with Crippen molar-refractivity contribution in [2.24, 2.45) is 0 Å². The number of ether oxygens (including phenoxy) is 1. The second kappa shape index (κ2) is 16.8. The van der Waals surface area contributed by atoms with Crippen LogP contribution in [0.5, 0.6) is 0 Å². The Labute approximate surface area is 303 Å². The molecule has 0 atom stereocenters. The predicted octanol–water partition coefficient (Wildman–Crippen LogP) is 9.50. The minimum absolute atomic E-state index is 0.0622. The maximum atomic E-state index is 10.9. The van der Waals surface area contributed by atoms with E-state index in [-0.39, 0.29) is 16.9 Å². The smallest absolute Gasteiger partial charge is 0.269 e. The molecule has 53 heavy (non-hydrogen) atoms. The van der Waals surface area contributed by atoms with Crippen LogP contribution in [0, 0.1) is 65.6 Å². The second-order valence-corrected chi connectivity index (χ2v) is 11.2. The maximum Gasteiger partial charge on any atom is 0.269 e. The van der Waals surface area contributed by atoms with Crippen molar-refractivity contribution in [3.05, 3.63) is 198 Å². The van der Waals surface area contributed by atoms with Crippen molar-refractivity contribution in [2.45, 2.75) is 0 Å². The van der Waals surface area contributed by atoms with E-state index in [0.29, 0.717) is 39.4 Å². The number of hydrogen-bond donors (Lipinski definition) is 0. The van der Waals surface area contributed by atoms with E-state index in [9.17, 15) is 41.3 Å². The number of nitro groups is 2. The summed E-state index contributed by atoms with van der Waals surface area (Å²) in [5, 5.41) is 60.3. The van der Waals surface area contributed by atoms with Gasteiger partial charge in [0.25, 0.3) is 11.4 Å². The summed E-state index contributed by atoms with van der Waals surface area (Å²) < 4.78 is 6.05. The molecule has 4 aromatic carbocycles. The Balaban J connectivity index is 1.30. The Hall–Kier alpha value is -8.38. The molecule has 0 radical (unpaired) electrons. The highest BCUT2D eigenvalue weighted by Crippen LogP contribution is 2.26. The fourth-order valence-corrected chi connectivity index (χ4v) is 4.99. The summed E-state index contributed by atoms with van der Waals surface area (Å²) in [6, 6.07) is 34.2. The van der Waals surface area contributed by atoms with Gasteiger partial charge in [0.15, 0.2) is 0 Å². The molecule has 0 unspecified atom stereocenters. The van der Waals surface area contributed by atoms with E-state index < -0.39 is 9.85 Å². The summed E-state index contributed by atoms with van der Waals surface area (Å²) in [7, 11) is 0. The van der Waals surface area contributed by atoms with Crippen molar-refractivity contribution < 1.29 is 14.6 Å². The van der Waals surface area contributed by atoms with E-state index in [0.717, 1.165) is 22.3 Å². The molecule has 11 heteroatoms. The fraction of sp³-hybridized carbons (Fsp3) is 0. The first-order valence-electron chi connectivity index (χ1n) is 15.6. The molecule has 4 aromatic rings. The zero-order valence-electron chi connectivity index (χ0n) is 27.6. The molecule has 1 heterocycles. The van der Waals surface area contributed by atoms with Gasteiger partial charge in [0.2, 0.25) is 0 Å². The first-order valence-corrected chi connectivity index (χ1v) is 15.6. The third kappa shape index (κ3) is 9.41. The van der Waals surface area contributed by atoms with Crippen LogP contribution in [0.4, 0.5) is 11.4 Å². The van der Waals surface area contributed by atoms with Crippen LogP contribution >= 0.6 is 0 Å². The summed E-state index contributed by atoms with van der Waals surface area (Å²) in [6.45, 7) is 0.